The second-order valence-electron chi connectivity index (χ2n) is 11.8. The van der Waals surface area contributed by atoms with Crippen LogP contribution in [0.25, 0.3) is 0 Å². The van der Waals surface area contributed by atoms with E-state index in [1.165, 1.54) is 57.8 Å². The SMILES string of the molecule is CC[C@]1(C)[C@@H]([C@H](C)CCCC(C)C)CC[C@H]1[C@@H]1CC=C2C[C@@H](O)CC[C@]2(C)C1. The molecule has 0 aromatic heterocycles. The number of hydrogen-bond donors (Lipinski definition) is 1. The molecule has 0 aromatic carbocycles. The minimum Gasteiger partial charge on any atom is -0.393 e. The number of aliphatic hydroxyl groups is 1. The molecule has 0 spiro atoms. The van der Waals surface area contributed by atoms with E-state index < -0.39 is 0 Å². The van der Waals surface area contributed by atoms with Crippen LogP contribution in [0.1, 0.15) is 112 Å². The number of hydrogen-bond acceptors (Lipinski definition) is 1. The average Bonchev–Trinajstić information content (AvgIpc) is 2.99. The van der Waals surface area contributed by atoms with Crippen LogP contribution < -0.4 is 0 Å². The van der Waals surface area contributed by atoms with Gasteiger partial charge in [0.2, 0.25) is 0 Å². The van der Waals surface area contributed by atoms with Gasteiger partial charge in [0.25, 0.3) is 0 Å². The van der Waals surface area contributed by atoms with E-state index in [2.05, 4.69) is 47.6 Å². The van der Waals surface area contributed by atoms with E-state index in [0.29, 0.717) is 10.8 Å². The highest BCUT2D eigenvalue weighted by Crippen LogP contribution is 2.60. The molecule has 1 N–H and O–H groups in total. The van der Waals surface area contributed by atoms with Crippen LogP contribution in [0.15, 0.2) is 11.6 Å². The summed E-state index contributed by atoms with van der Waals surface area (Å²) < 4.78 is 0. The van der Waals surface area contributed by atoms with Crippen LogP contribution >= 0.6 is 0 Å². The molecule has 3 rings (SSSR count). The topological polar surface area (TPSA) is 20.2 Å². The van der Waals surface area contributed by atoms with Gasteiger partial charge in [0.05, 0.1) is 6.10 Å². The summed E-state index contributed by atoms with van der Waals surface area (Å²) >= 11 is 0. The zero-order valence-electron chi connectivity index (χ0n) is 19.8. The standard InChI is InChI=1S/C27H48O/c1-7-27(6)24(20(4)10-8-9-19(2)3)13-14-25(27)21-11-12-22-17-23(28)15-16-26(22,5)18-21/h12,19-21,23-25,28H,7-11,13-18H2,1-6H3/t20-,21-,23+,24-,25+,26-,27-/m1/s1. The highest BCUT2D eigenvalue weighted by molar-refractivity contribution is 5.21. The molecule has 1 nitrogen and oxygen atoms in total. The lowest BCUT2D eigenvalue weighted by Gasteiger charge is -2.49. The number of allylic oxidation sites excluding steroid dienone is 1. The minimum absolute atomic E-state index is 0.0840. The summed E-state index contributed by atoms with van der Waals surface area (Å²) in [6, 6.07) is 0. The Morgan fingerprint density at radius 3 is 2.54 bits per heavy atom. The van der Waals surface area contributed by atoms with Crippen molar-refractivity contribution in [3.05, 3.63) is 11.6 Å². The molecule has 3 aliphatic carbocycles. The molecule has 2 fully saturated rings. The second kappa shape index (κ2) is 8.83. The van der Waals surface area contributed by atoms with E-state index in [1.807, 2.05) is 0 Å². The molecule has 0 heterocycles. The summed E-state index contributed by atoms with van der Waals surface area (Å²) in [7, 11) is 0. The van der Waals surface area contributed by atoms with Crippen molar-refractivity contribution >= 4 is 0 Å². The molecule has 2 saturated carbocycles. The van der Waals surface area contributed by atoms with Crippen LogP contribution in [0.4, 0.5) is 0 Å². The summed E-state index contributed by atoms with van der Waals surface area (Å²) in [5.74, 6) is 4.40. The number of aliphatic hydroxyl groups excluding tert-OH is 1. The maximum atomic E-state index is 10.1. The van der Waals surface area contributed by atoms with Crippen molar-refractivity contribution in [3.8, 4) is 0 Å². The zero-order valence-corrected chi connectivity index (χ0v) is 19.8. The van der Waals surface area contributed by atoms with Crippen LogP contribution in [0.2, 0.25) is 0 Å². The van der Waals surface area contributed by atoms with Gasteiger partial charge < -0.3 is 5.11 Å². The Balaban J connectivity index is 1.69. The van der Waals surface area contributed by atoms with E-state index in [-0.39, 0.29) is 6.10 Å². The van der Waals surface area contributed by atoms with Crippen molar-refractivity contribution in [2.45, 2.75) is 118 Å². The molecule has 1 heteroatoms. The molecule has 0 bridgehead atoms. The van der Waals surface area contributed by atoms with Gasteiger partial charge in [-0.05, 0) is 85.4 Å². The molecule has 0 unspecified atom stereocenters. The maximum absolute atomic E-state index is 10.1. The Morgan fingerprint density at radius 2 is 1.86 bits per heavy atom. The lowest BCUT2D eigenvalue weighted by Crippen LogP contribution is -2.40. The Hall–Kier alpha value is -0.300. The van der Waals surface area contributed by atoms with Gasteiger partial charge in [0.1, 0.15) is 0 Å². The predicted molar refractivity (Wildman–Crippen MR) is 121 cm³/mol. The van der Waals surface area contributed by atoms with Gasteiger partial charge in [-0.25, -0.2) is 0 Å². The van der Waals surface area contributed by atoms with Gasteiger partial charge in [0.15, 0.2) is 0 Å². The summed E-state index contributed by atoms with van der Waals surface area (Å²) in [5, 5.41) is 10.1. The molecule has 28 heavy (non-hydrogen) atoms. The number of fused-ring (bicyclic) bond motifs is 1. The molecular formula is C27H48O. The largest absolute Gasteiger partial charge is 0.393 e. The maximum Gasteiger partial charge on any atom is 0.0577 e. The summed E-state index contributed by atoms with van der Waals surface area (Å²) in [4.78, 5) is 0. The molecule has 0 aromatic rings. The lowest BCUT2D eigenvalue weighted by molar-refractivity contribution is 0.0367. The zero-order chi connectivity index (χ0) is 20.5. The predicted octanol–water partition coefficient (Wildman–Crippen LogP) is 7.78. The first-order chi connectivity index (χ1) is 13.2. The van der Waals surface area contributed by atoms with Crippen molar-refractivity contribution in [1.82, 2.24) is 0 Å². The van der Waals surface area contributed by atoms with Crippen LogP contribution in [0, 0.1) is 40.4 Å². The van der Waals surface area contributed by atoms with E-state index in [9.17, 15) is 5.11 Å². The Morgan fingerprint density at radius 1 is 1.11 bits per heavy atom. The van der Waals surface area contributed by atoms with Crippen LogP contribution in [-0.4, -0.2) is 11.2 Å². The molecular weight excluding hydrogens is 340 g/mol. The molecule has 162 valence electrons. The highest BCUT2D eigenvalue weighted by atomic mass is 16.3. The van der Waals surface area contributed by atoms with Gasteiger partial charge in [0, 0.05) is 0 Å². The van der Waals surface area contributed by atoms with E-state index >= 15 is 0 Å². The fraction of sp³-hybridized carbons (Fsp3) is 0.926. The van der Waals surface area contributed by atoms with E-state index in [4.69, 9.17) is 0 Å². The third-order valence-electron chi connectivity index (χ3n) is 9.58. The van der Waals surface area contributed by atoms with Crippen molar-refractivity contribution in [1.29, 1.82) is 0 Å². The molecule has 7 atom stereocenters. The molecule has 0 radical (unpaired) electrons. The van der Waals surface area contributed by atoms with Gasteiger partial charge in [-0.3, -0.25) is 0 Å². The Labute approximate surface area is 175 Å². The minimum atomic E-state index is -0.0840. The van der Waals surface area contributed by atoms with Crippen molar-refractivity contribution < 1.29 is 5.11 Å². The first-order valence-corrected chi connectivity index (χ1v) is 12.6. The van der Waals surface area contributed by atoms with Crippen molar-refractivity contribution in [2.75, 3.05) is 0 Å². The molecule has 0 amide bonds. The van der Waals surface area contributed by atoms with Gasteiger partial charge in [-0.15, -0.1) is 0 Å². The van der Waals surface area contributed by atoms with Crippen LogP contribution in [0.5, 0.6) is 0 Å². The monoisotopic (exact) mass is 388 g/mol. The lowest BCUT2D eigenvalue weighted by atomic mass is 9.56. The quantitative estimate of drug-likeness (QED) is 0.441. The summed E-state index contributed by atoms with van der Waals surface area (Å²) in [6.45, 7) is 14.9. The van der Waals surface area contributed by atoms with Gasteiger partial charge in [-0.2, -0.15) is 0 Å². The van der Waals surface area contributed by atoms with Gasteiger partial charge in [-0.1, -0.05) is 78.9 Å². The Bertz CT molecular complexity index is 548. The van der Waals surface area contributed by atoms with Crippen LogP contribution in [0.3, 0.4) is 0 Å². The highest BCUT2D eigenvalue weighted by Gasteiger charge is 2.51. The van der Waals surface area contributed by atoms with Crippen molar-refractivity contribution in [3.63, 3.8) is 0 Å². The fourth-order valence-corrected chi connectivity index (χ4v) is 7.65. The normalized spacial score (nSPS) is 42.4. The third-order valence-corrected chi connectivity index (χ3v) is 9.58. The summed E-state index contributed by atoms with van der Waals surface area (Å²) in [6.07, 6.45) is 16.8. The van der Waals surface area contributed by atoms with Crippen LogP contribution in [-0.2, 0) is 0 Å². The number of rotatable bonds is 7. The third kappa shape index (κ3) is 4.40. The first kappa shape index (κ1) is 22.4. The Kier molecular flexibility index (Phi) is 7.06. The van der Waals surface area contributed by atoms with Crippen molar-refractivity contribution in [2.24, 2.45) is 40.4 Å². The van der Waals surface area contributed by atoms with E-state index in [0.717, 1.165) is 42.4 Å². The fourth-order valence-electron chi connectivity index (χ4n) is 7.65. The van der Waals surface area contributed by atoms with Gasteiger partial charge >= 0.3 is 0 Å². The molecule has 3 aliphatic rings. The first-order valence-electron chi connectivity index (χ1n) is 12.6. The average molecular weight is 389 g/mol. The summed E-state index contributed by atoms with van der Waals surface area (Å²) in [5.41, 5.74) is 2.48. The smallest absolute Gasteiger partial charge is 0.0577 e. The second-order valence-corrected chi connectivity index (χ2v) is 11.8. The van der Waals surface area contributed by atoms with E-state index in [1.54, 1.807) is 5.57 Å². The molecule has 0 saturated heterocycles. The molecule has 0 aliphatic heterocycles.